The third kappa shape index (κ3) is 5.06. The highest BCUT2D eigenvalue weighted by molar-refractivity contribution is 5.75. The van der Waals surface area contributed by atoms with E-state index in [0.29, 0.717) is 12.3 Å². The van der Waals surface area contributed by atoms with E-state index in [1.54, 1.807) is 19.5 Å². The lowest BCUT2D eigenvalue weighted by Crippen LogP contribution is -2.56. The van der Waals surface area contributed by atoms with Gasteiger partial charge in [-0.25, -0.2) is 4.79 Å². The molecule has 1 aromatic heterocycles. The zero-order valence-electron chi connectivity index (χ0n) is 14.9. The number of nitrogens with one attached hydrogen (secondary N) is 2. The van der Waals surface area contributed by atoms with Crippen LogP contribution in [-0.4, -0.2) is 59.3 Å². The summed E-state index contributed by atoms with van der Waals surface area (Å²) in [6.45, 7) is 4.56. The summed E-state index contributed by atoms with van der Waals surface area (Å²) in [5, 5.41) is 14.7. The molecule has 1 heterocycles. The van der Waals surface area contributed by atoms with E-state index in [2.05, 4.69) is 15.6 Å². The second kappa shape index (κ2) is 8.66. The first-order valence-corrected chi connectivity index (χ1v) is 8.45. The summed E-state index contributed by atoms with van der Waals surface area (Å²) in [6, 6.07) is 1.64. The van der Waals surface area contributed by atoms with Gasteiger partial charge >= 0.3 is 12.0 Å². The summed E-state index contributed by atoms with van der Waals surface area (Å²) in [7, 11) is 1.57. The Morgan fingerprint density at radius 3 is 2.80 bits per heavy atom. The highest BCUT2D eigenvalue weighted by Crippen LogP contribution is 2.26. The summed E-state index contributed by atoms with van der Waals surface area (Å²) in [5.74, 6) is -0.192. The molecule has 8 nitrogen and oxygen atoms in total. The number of rotatable bonds is 8. The Bertz CT molecular complexity index is 604. The SMILES string of the molecule is CCN(CC(=O)O)C1CC(NC(=O)NC(C)c2ccncc2OC)C1. The minimum absolute atomic E-state index is 0.0406. The number of carbonyl (C=O) groups excluding carboxylic acids is 1. The van der Waals surface area contributed by atoms with Crippen molar-refractivity contribution in [1.29, 1.82) is 0 Å². The molecule has 1 saturated carbocycles. The van der Waals surface area contributed by atoms with Gasteiger partial charge < -0.3 is 20.5 Å². The molecule has 0 aliphatic heterocycles. The zero-order chi connectivity index (χ0) is 18.4. The molecular formula is C17H26N4O4. The van der Waals surface area contributed by atoms with Gasteiger partial charge in [-0.2, -0.15) is 0 Å². The van der Waals surface area contributed by atoms with Crippen LogP contribution < -0.4 is 15.4 Å². The smallest absolute Gasteiger partial charge is 0.317 e. The van der Waals surface area contributed by atoms with Crippen LogP contribution in [0.1, 0.15) is 38.3 Å². The number of aliphatic carboxylic acids is 1. The average Bonchev–Trinajstić information content (AvgIpc) is 2.55. The molecule has 2 rings (SSSR count). The van der Waals surface area contributed by atoms with Crippen molar-refractivity contribution in [3.63, 3.8) is 0 Å². The molecule has 1 aliphatic rings. The maximum Gasteiger partial charge on any atom is 0.317 e. The summed E-state index contributed by atoms with van der Waals surface area (Å²) < 4.78 is 5.26. The van der Waals surface area contributed by atoms with Crippen molar-refractivity contribution in [2.45, 2.75) is 44.8 Å². The van der Waals surface area contributed by atoms with Crippen LogP contribution >= 0.6 is 0 Å². The molecule has 1 aliphatic carbocycles. The number of nitrogens with zero attached hydrogens (tertiary/aromatic N) is 2. The molecule has 0 aromatic carbocycles. The van der Waals surface area contributed by atoms with Crippen LogP contribution in [0.3, 0.4) is 0 Å². The summed E-state index contributed by atoms with van der Waals surface area (Å²) in [4.78, 5) is 28.9. The first kappa shape index (κ1) is 19.0. The van der Waals surface area contributed by atoms with Crippen LogP contribution in [0, 0.1) is 0 Å². The molecule has 3 N–H and O–H groups in total. The highest BCUT2D eigenvalue weighted by Gasteiger charge is 2.34. The third-order valence-corrected chi connectivity index (χ3v) is 4.56. The maximum atomic E-state index is 12.2. The fourth-order valence-corrected chi connectivity index (χ4v) is 3.10. The fourth-order valence-electron chi connectivity index (χ4n) is 3.10. The number of hydrogen-bond donors (Lipinski definition) is 3. The van der Waals surface area contributed by atoms with E-state index in [-0.39, 0.29) is 30.7 Å². The second-order valence-corrected chi connectivity index (χ2v) is 6.24. The quantitative estimate of drug-likeness (QED) is 0.654. The van der Waals surface area contributed by atoms with Gasteiger partial charge in [0.15, 0.2) is 0 Å². The van der Waals surface area contributed by atoms with Crippen molar-refractivity contribution in [2.75, 3.05) is 20.2 Å². The van der Waals surface area contributed by atoms with Crippen LogP contribution in [0.4, 0.5) is 4.79 Å². The number of amides is 2. The summed E-state index contributed by atoms with van der Waals surface area (Å²) in [5.41, 5.74) is 0.859. The van der Waals surface area contributed by atoms with E-state index >= 15 is 0 Å². The fraction of sp³-hybridized carbons (Fsp3) is 0.588. The van der Waals surface area contributed by atoms with Gasteiger partial charge in [-0.1, -0.05) is 6.92 Å². The van der Waals surface area contributed by atoms with Crippen LogP contribution in [-0.2, 0) is 4.79 Å². The Balaban J connectivity index is 1.79. The van der Waals surface area contributed by atoms with Crippen molar-refractivity contribution in [1.82, 2.24) is 20.5 Å². The topological polar surface area (TPSA) is 104 Å². The minimum atomic E-state index is -0.823. The van der Waals surface area contributed by atoms with Gasteiger partial charge in [0.2, 0.25) is 0 Å². The van der Waals surface area contributed by atoms with Crippen molar-refractivity contribution < 1.29 is 19.4 Å². The number of ether oxygens (including phenoxy) is 1. The van der Waals surface area contributed by atoms with E-state index in [1.807, 2.05) is 24.8 Å². The lowest BCUT2D eigenvalue weighted by molar-refractivity contribution is -0.139. The largest absolute Gasteiger partial charge is 0.495 e. The number of methoxy groups -OCH3 is 1. The maximum absolute atomic E-state index is 12.2. The van der Waals surface area contributed by atoms with E-state index in [1.165, 1.54) is 0 Å². The molecule has 138 valence electrons. The molecule has 1 aromatic rings. The van der Waals surface area contributed by atoms with Gasteiger partial charge in [-0.3, -0.25) is 14.7 Å². The van der Waals surface area contributed by atoms with Gasteiger partial charge in [-0.05, 0) is 32.4 Å². The predicted molar refractivity (Wildman–Crippen MR) is 92.6 cm³/mol. The summed E-state index contributed by atoms with van der Waals surface area (Å²) >= 11 is 0. The van der Waals surface area contributed by atoms with Gasteiger partial charge in [0.05, 0.1) is 25.9 Å². The van der Waals surface area contributed by atoms with E-state index in [9.17, 15) is 9.59 Å². The Morgan fingerprint density at radius 1 is 1.48 bits per heavy atom. The average molecular weight is 350 g/mol. The Kier molecular flexibility index (Phi) is 6.58. The molecule has 0 bridgehead atoms. The van der Waals surface area contributed by atoms with Gasteiger partial charge in [0.1, 0.15) is 5.75 Å². The van der Waals surface area contributed by atoms with Crippen LogP contribution in [0.5, 0.6) is 5.75 Å². The number of carboxylic acid groups (broad SMARTS) is 1. The molecule has 1 unspecified atom stereocenters. The first-order chi connectivity index (χ1) is 11.9. The van der Waals surface area contributed by atoms with Crippen LogP contribution in [0.15, 0.2) is 18.5 Å². The highest BCUT2D eigenvalue weighted by atomic mass is 16.5. The number of urea groups is 1. The number of aromatic nitrogens is 1. The van der Waals surface area contributed by atoms with Crippen molar-refractivity contribution in [3.05, 3.63) is 24.0 Å². The van der Waals surface area contributed by atoms with Crippen LogP contribution in [0.2, 0.25) is 0 Å². The number of hydrogen-bond acceptors (Lipinski definition) is 5. The summed E-state index contributed by atoms with van der Waals surface area (Å²) in [6.07, 6.45) is 4.80. The lowest BCUT2D eigenvalue weighted by Gasteiger charge is -2.42. The monoisotopic (exact) mass is 350 g/mol. The van der Waals surface area contributed by atoms with Gasteiger partial charge in [0, 0.05) is 23.8 Å². The molecule has 0 saturated heterocycles. The number of carbonyl (C=O) groups is 2. The van der Waals surface area contributed by atoms with Gasteiger partial charge in [0.25, 0.3) is 0 Å². The predicted octanol–water partition coefficient (Wildman–Crippen LogP) is 1.39. The Labute approximate surface area is 147 Å². The van der Waals surface area contributed by atoms with Crippen molar-refractivity contribution in [2.24, 2.45) is 0 Å². The van der Waals surface area contributed by atoms with Gasteiger partial charge in [-0.15, -0.1) is 0 Å². The molecule has 25 heavy (non-hydrogen) atoms. The third-order valence-electron chi connectivity index (χ3n) is 4.56. The zero-order valence-corrected chi connectivity index (χ0v) is 14.9. The molecule has 8 heteroatoms. The van der Waals surface area contributed by atoms with E-state index in [4.69, 9.17) is 9.84 Å². The number of pyridine rings is 1. The second-order valence-electron chi connectivity index (χ2n) is 6.24. The number of carboxylic acids is 1. The normalized spacial score (nSPS) is 20.5. The number of likely N-dealkylation sites (N-methyl/N-ethyl adjacent to an activating group) is 1. The molecule has 2 amide bonds. The Hall–Kier alpha value is -2.35. The molecule has 0 radical (unpaired) electrons. The van der Waals surface area contributed by atoms with E-state index in [0.717, 1.165) is 18.4 Å². The molecule has 1 atom stereocenters. The van der Waals surface area contributed by atoms with Crippen molar-refractivity contribution >= 4 is 12.0 Å². The lowest BCUT2D eigenvalue weighted by atomic mass is 9.85. The minimum Gasteiger partial charge on any atom is -0.495 e. The standard InChI is InChI=1S/C17H26N4O4/c1-4-21(10-16(22)23)13-7-12(8-13)20-17(24)19-11(2)14-5-6-18-9-15(14)25-3/h5-6,9,11-13H,4,7-8,10H2,1-3H3,(H,22,23)(H2,19,20,24). The van der Waals surface area contributed by atoms with Crippen molar-refractivity contribution in [3.8, 4) is 5.75 Å². The molecular weight excluding hydrogens is 324 g/mol. The first-order valence-electron chi connectivity index (χ1n) is 8.45. The van der Waals surface area contributed by atoms with Crippen LogP contribution in [0.25, 0.3) is 0 Å². The molecule has 0 spiro atoms. The molecule has 1 fully saturated rings. The Morgan fingerprint density at radius 2 is 2.20 bits per heavy atom. The van der Waals surface area contributed by atoms with E-state index < -0.39 is 5.97 Å².